The van der Waals surface area contributed by atoms with Crippen LogP contribution in [-0.4, -0.2) is 29.9 Å². The zero-order valence-electron chi connectivity index (χ0n) is 29.4. The highest BCUT2D eigenvalue weighted by molar-refractivity contribution is 5.78. The molecule has 52 heavy (non-hydrogen) atoms. The summed E-state index contributed by atoms with van der Waals surface area (Å²) < 4.78 is 0. The van der Waals surface area contributed by atoms with Crippen molar-refractivity contribution in [1.29, 1.82) is 0 Å². The van der Waals surface area contributed by atoms with E-state index in [1.807, 2.05) is 55.5 Å². The van der Waals surface area contributed by atoms with Crippen molar-refractivity contribution in [2.45, 2.75) is 39.5 Å². The van der Waals surface area contributed by atoms with Gasteiger partial charge in [0.05, 0.1) is 11.4 Å². The van der Waals surface area contributed by atoms with Crippen molar-refractivity contribution >= 4 is 5.57 Å². The average Bonchev–Trinajstić information content (AvgIpc) is 3.22. The molecule has 0 fully saturated rings. The van der Waals surface area contributed by atoms with Crippen LogP contribution in [0.3, 0.4) is 0 Å². The van der Waals surface area contributed by atoms with E-state index in [0.29, 0.717) is 23.3 Å². The van der Waals surface area contributed by atoms with E-state index < -0.39 is 0 Å². The maximum atomic E-state index is 5.06. The number of nitrogens with zero attached hydrogens (tertiary/aromatic N) is 6. The number of rotatable bonds is 9. The third-order valence-electron chi connectivity index (χ3n) is 9.22. The van der Waals surface area contributed by atoms with Crippen molar-refractivity contribution in [3.63, 3.8) is 0 Å². The van der Waals surface area contributed by atoms with Crippen molar-refractivity contribution in [2.24, 2.45) is 0 Å². The van der Waals surface area contributed by atoms with E-state index in [1.54, 1.807) is 0 Å². The van der Waals surface area contributed by atoms with Crippen molar-refractivity contribution in [3.8, 4) is 67.8 Å². The minimum absolute atomic E-state index is 0.630. The van der Waals surface area contributed by atoms with Crippen LogP contribution in [-0.2, 0) is 6.42 Å². The number of pyridine rings is 1. The summed E-state index contributed by atoms with van der Waals surface area (Å²) >= 11 is 0. The van der Waals surface area contributed by atoms with Crippen LogP contribution >= 0.6 is 0 Å². The summed E-state index contributed by atoms with van der Waals surface area (Å²) in [6.07, 6.45) is 10.5. The van der Waals surface area contributed by atoms with Crippen LogP contribution in [0.25, 0.3) is 73.4 Å². The van der Waals surface area contributed by atoms with Crippen LogP contribution in [0, 0.1) is 6.92 Å². The highest BCUT2D eigenvalue weighted by atomic mass is 15.0. The second kappa shape index (κ2) is 14.8. The van der Waals surface area contributed by atoms with Crippen molar-refractivity contribution < 1.29 is 0 Å². The fourth-order valence-electron chi connectivity index (χ4n) is 6.54. The van der Waals surface area contributed by atoms with E-state index in [0.717, 1.165) is 93.0 Å². The molecule has 3 heterocycles. The molecule has 252 valence electrons. The lowest BCUT2D eigenvalue weighted by Crippen LogP contribution is -2.05. The van der Waals surface area contributed by atoms with E-state index in [2.05, 4.69) is 104 Å². The molecular formula is C46H38N6. The van der Waals surface area contributed by atoms with Gasteiger partial charge < -0.3 is 0 Å². The Labute approximate surface area is 304 Å². The predicted octanol–water partition coefficient (Wildman–Crippen LogP) is 11.1. The van der Waals surface area contributed by atoms with Crippen LogP contribution in [0.4, 0.5) is 0 Å². The fraction of sp³-hybridized carbons (Fsp3) is 0.130. The molecule has 0 amide bonds. The highest BCUT2D eigenvalue weighted by Crippen LogP contribution is 2.33. The quantitative estimate of drug-likeness (QED) is 0.152. The number of hydrogen-bond acceptors (Lipinski definition) is 6. The monoisotopic (exact) mass is 674 g/mol. The first-order chi connectivity index (χ1) is 25.6. The van der Waals surface area contributed by atoms with E-state index in [9.17, 15) is 0 Å². The SMILES string of the molecule is CCCc1ccc(-c2nc(C3=CCCC=C3)nc(-c3cccc(-c4cccc(-c5cc(-c6ccccc6)nc(-c6ccccc6)n5)c4)c3)n2)c(C)n1. The van der Waals surface area contributed by atoms with Crippen molar-refractivity contribution in [2.75, 3.05) is 0 Å². The van der Waals surface area contributed by atoms with Gasteiger partial charge in [-0.3, -0.25) is 4.98 Å². The molecule has 0 bridgehead atoms. The molecule has 3 aromatic heterocycles. The largest absolute Gasteiger partial charge is 0.257 e. The zero-order chi connectivity index (χ0) is 35.3. The second-order valence-corrected chi connectivity index (χ2v) is 13.0. The standard InChI is InChI=1S/C46H38N6/c1-3-15-39-26-27-40(31(2)47-39)46-51-44(34-20-11-6-12-21-34)50-45(52-46)38-25-14-23-36(29-38)35-22-13-24-37(28-35)42-30-41(32-16-7-4-8-17-32)48-43(49-42)33-18-9-5-10-19-33/h4-5,7-11,13-14,16-30H,3,6,12,15H2,1-2H3. The summed E-state index contributed by atoms with van der Waals surface area (Å²) in [6.45, 7) is 4.21. The van der Waals surface area contributed by atoms with Gasteiger partial charge in [-0.1, -0.05) is 129 Å². The lowest BCUT2D eigenvalue weighted by atomic mass is 9.99. The van der Waals surface area contributed by atoms with E-state index in [1.165, 1.54) is 0 Å². The van der Waals surface area contributed by atoms with Gasteiger partial charge in [0.25, 0.3) is 0 Å². The average molecular weight is 675 g/mol. The van der Waals surface area contributed by atoms with Crippen molar-refractivity contribution in [1.82, 2.24) is 29.9 Å². The summed E-state index contributed by atoms with van der Waals surface area (Å²) in [5.74, 6) is 2.63. The van der Waals surface area contributed by atoms with Crippen LogP contribution in [0.2, 0.25) is 0 Å². The summed E-state index contributed by atoms with van der Waals surface area (Å²) in [5.41, 5.74) is 11.8. The van der Waals surface area contributed by atoms with Gasteiger partial charge in [-0.2, -0.15) is 0 Å². The molecule has 0 unspecified atom stereocenters. The van der Waals surface area contributed by atoms with Gasteiger partial charge in [0.1, 0.15) is 0 Å². The Bertz CT molecular complexity index is 2380. The first kappa shape index (κ1) is 32.8. The number of allylic oxidation sites excluding steroid dienone is 4. The van der Waals surface area contributed by atoms with Gasteiger partial charge in [-0.15, -0.1) is 0 Å². The number of hydrogen-bond donors (Lipinski definition) is 0. The van der Waals surface area contributed by atoms with E-state index >= 15 is 0 Å². The lowest BCUT2D eigenvalue weighted by Gasteiger charge is -2.13. The molecule has 0 radical (unpaired) electrons. The van der Waals surface area contributed by atoms with Crippen LogP contribution in [0.5, 0.6) is 0 Å². The molecule has 1 aliphatic carbocycles. The Balaban J connectivity index is 1.20. The van der Waals surface area contributed by atoms with Gasteiger partial charge in [0, 0.05) is 44.8 Å². The Kier molecular flexibility index (Phi) is 9.35. The minimum Gasteiger partial charge on any atom is -0.257 e. The Morgan fingerprint density at radius 3 is 1.77 bits per heavy atom. The zero-order valence-corrected chi connectivity index (χ0v) is 29.4. The molecule has 4 aromatic carbocycles. The first-order valence-corrected chi connectivity index (χ1v) is 17.9. The molecule has 0 N–H and O–H groups in total. The third kappa shape index (κ3) is 7.10. The smallest absolute Gasteiger partial charge is 0.165 e. The summed E-state index contributed by atoms with van der Waals surface area (Å²) in [5, 5.41) is 0. The Hall–Kier alpha value is -6.40. The fourth-order valence-corrected chi connectivity index (χ4v) is 6.54. The Morgan fingerprint density at radius 1 is 0.481 bits per heavy atom. The van der Waals surface area contributed by atoms with Gasteiger partial charge in [-0.05, 0) is 67.6 Å². The molecule has 0 saturated carbocycles. The van der Waals surface area contributed by atoms with Crippen LogP contribution in [0.15, 0.2) is 146 Å². The molecule has 0 aliphatic heterocycles. The molecule has 0 saturated heterocycles. The number of aromatic nitrogens is 6. The van der Waals surface area contributed by atoms with Gasteiger partial charge >= 0.3 is 0 Å². The molecular weight excluding hydrogens is 637 g/mol. The lowest BCUT2D eigenvalue weighted by molar-refractivity contribution is 0.873. The van der Waals surface area contributed by atoms with Gasteiger partial charge in [0.15, 0.2) is 23.3 Å². The summed E-state index contributed by atoms with van der Waals surface area (Å²) in [6, 6.07) is 43.6. The Morgan fingerprint density at radius 2 is 1.08 bits per heavy atom. The van der Waals surface area contributed by atoms with Gasteiger partial charge in [-0.25, -0.2) is 24.9 Å². The normalized spacial score (nSPS) is 12.5. The number of benzene rings is 4. The molecule has 6 nitrogen and oxygen atoms in total. The predicted molar refractivity (Wildman–Crippen MR) is 211 cm³/mol. The first-order valence-electron chi connectivity index (χ1n) is 17.9. The maximum Gasteiger partial charge on any atom is 0.165 e. The summed E-state index contributed by atoms with van der Waals surface area (Å²) in [7, 11) is 0. The topological polar surface area (TPSA) is 77.3 Å². The third-order valence-corrected chi connectivity index (χ3v) is 9.22. The number of aryl methyl sites for hydroxylation is 2. The maximum absolute atomic E-state index is 5.06. The van der Waals surface area contributed by atoms with Crippen LogP contribution in [0.1, 0.15) is 43.4 Å². The van der Waals surface area contributed by atoms with E-state index in [-0.39, 0.29) is 0 Å². The van der Waals surface area contributed by atoms with E-state index in [4.69, 9.17) is 29.9 Å². The molecule has 7 aromatic rings. The van der Waals surface area contributed by atoms with Gasteiger partial charge in [0.2, 0.25) is 0 Å². The minimum atomic E-state index is 0.630. The highest BCUT2D eigenvalue weighted by Gasteiger charge is 2.17. The molecule has 0 spiro atoms. The molecule has 1 aliphatic rings. The van der Waals surface area contributed by atoms with Crippen molar-refractivity contribution in [3.05, 3.63) is 163 Å². The van der Waals surface area contributed by atoms with Crippen LogP contribution < -0.4 is 0 Å². The summed E-state index contributed by atoms with van der Waals surface area (Å²) in [4.78, 5) is 30.0. The molecule has 0 atom stereocenters. The molecule has 8 rings (SSSR count). The second-order valence-electron chi connectivity index (χ2n) is 13.0. The molecule has 6 heteroatoms.